The maximum atomic E-state index is 12.7. The monoisotopic (exact) mass is 296 g/mol. The van der Waals surface area contributed by atoms with Crippen molar-refractivity contribution in [3.63, 3.8) is 0 Å². The van der Waals surface area contributed by atoms with Crippen LogP contribution in [0.4, 0.5) is 4.39 Å². The van der Waals surface area contributed by atoms with E-state index in [0.717, 1.165) is 11.3 Å². The predicted octanol–water partition coefficient (Wildman–Crippen LogP) is 2.96. The number of benzene rings is 2. The molecule has 0 atom stereocenters. The Labute approximate surface area is 126 Å². The van der Waals surface area contributed by atoms with Crippen LogP contribution in [0.2, 0.25) is 0 Å². The number of nitrogens with zero attached hydrogens (tertiary/aromatic N) is 4. The van der Waals surface area contributed by atoms with E-state index in [1.807, 2.05) is 30.3 Å². The number of aromatic nitrogens is 3. The lowest BCUT2D eigenvalue weighted by Crippen LogP contribution is -1.99. The van der Waals surface area contributed by atoms with Gasteiger partial charge in [-0.1, -0.05) is 35.5 Å². The molecule has 0 saturated heterocycles. The number of para-hydroxylation sites is 1. The Bertz CT molecular complexity index is 753. The number of hydrogen-bond acceptors (Lipinski definition) is 4. The number of rotatable bonds is 5. The molecule has 22 heavy (non-hydrogen) atoms. The second-order valence-corrected chi connectivity index (χ2v) is 4.52. The summed E-state index contributed by atoms with van der Waals surface area (Å²) in [4.78, 5) is 6.69. The fourth-order valence-electron chi connectivity index (χ4n) is 1.80. The molecule has 0 aliphatic carbocycles. The molecular formula is C16H13FN4O. The topological polar surface area (TPSA) is 52.3 Å². The third kappa shape index (κ3) is 3.54. The molecule has 0 unspecified atom stereocenters. The van der Waals surface area contributed by atoms with Crippen LogP contribution in [0.3, 0.4) is 0 Å². The molecule has 6 heteroatoms. The molecular weight excluding hydrogens is 283 g/mol. The van der Waals surface area contributed by atoms with Gasteiger partial charge in [0.1, 0.15) is 11.5 Å². The molecule has 0 saturated carbocycles. The molecule has 0 aliphatic heterocycles. The largest absolute Gasteiger partial charge is 0.389 e. The van der Waals surface area contributed by atoms with Crippen molar-refractivity contribution >= 4 is 6.21 Å². The van der Waals surface area contributed by atoms with E-state index in [1.54, 1.807) is 18.3 Å². The zero-order valence-electron chi connectivity index (χ0n) is 11.6. The number of oxime groups is 1. The van der Waals surface area contributed by atoms with Gasteiger partial charge in [0.15, 0.2) is 6.61 Å². The highest BCUT2D eigenvalue weighted by atomic mass is 19.1. The van der Waals surface area contributed by atoms with Crippen molar-refractivity contribution in [2.45, 2.75) is 6.61 Å². The second-order valence-electron chi connectivity index (χ2n) is 4.52. The summed E-state index contributed by atoms with van der Waals surface area (Å²) >= 11 is 0. The minimum atomic E-state index is -0.282. The quantitative estimate of drug-likeness (QED) is 0.537. The first kappa shape index (κ1) is 13.9. The Balaban J connectivity index is 1.56. The zero-order valence-corrected chi connectivity index (χ0v) is 11.6. The van der Waals surface area contributed by atoms with E-state index in [2.05, 4.69) is 15.4 Å². The average Bonchev–Trinajstić information content (AvgIpc) is 3.03. The van der Waals surface area contributed by atoms with Crippen LogP contribution in [0.15, 0.2) is 65.9 Å². The lowest BCUT2D eigenvalue weighted by atomic mass is 10.2. The molecule has 0 amide bonds. The Kier molecular flexibility index (Phi) is 4.20. The van der Waals surface area contributed by atoms with Crippen LogP contribution in [-0.4, -0.2) is 21.2 Å². The molecule has 3 rings (SSSR count). The van der Waals surface area contributed by atoms with Crippen molar-refractivity contribution in [1.82, 2.24) is 15.0 Å². The molecule has 1 aromatic heterocycles. The van der Waals surface area contributed by atoms with Gasteiger partial charge in [-0.15, -0.1) is 5.10 Å². The molecule has 110 valence electrons. The summed E-state index contributed by atoms with van der Waals surface area (Å²) in [5.41, 5.74) is 2.30. The fourth-order valence-corrected chi connectivity index (χ4v) is 1.80. The molecule has 1 heterocycles. The summed E-state index contributed by atoms with van der Waals surface area (Å²) in [6.45, 7) is 0.213. The number of halogens is 1. The van der Waals surface area contributed by atoms with Gasteiger partial charge >= 0.3 is 0 Å². The van der Waals surface area contributed by atoms with E-state index >= 15 is 0 Å². The Morgan fingerprint density at radius 2 is 1.86 bits per heavy atom. The highest BCUT2D eigenvalue weighted by Crippen LogP contribution is 2.05. The number of hydrogen-bond donors (Lipinski definition) is 0. The highest BCUT2D eigenvalue weighted by Gasteiger charge is 2.02. The van der Waals surface area contributed by atoms with Crippen LogP contribution in [0.25, 0.3) is 5.69 Å². The minimum absolute atomic E-state index is 0.213. The van der Waals surface area contributed by atoms with Gasteiger partial charge in [0.2, 0.25) is 0 Å². The summed E-state index contributed by atoms with van der Waals surface area (Å²) in [7, 11) is 0. The van der Waals surface area contributed by atoms with Crippen LogP contribution in [0.1, 0.15) is 11.3 Å². The molecule has 5 nitrogen and oxygen atoms in total. The molecule has 3 aromatic rings. The minimum Gasteiger partial charge on any atom is -0.389 e. The van der Waals surface area contributed by atoms with E-state index in [0.29, 0.717) is 5.69 Å². The van der Waals surface area contributed by atoms with Gasteiger partial charge in [-0.2, -0.15) is 9.90 Å². The summed E-state index contributed by atoms with van der Waals surface area (Å²) in [6.07, 6.45) is 3.14. The van der Waals surface area contributed by atoms with Gasteiger partial charge in [-0.05, 0) is 29.8 Å². The highest BCUT2D eigenvalue weighted by molar-refractivity contribution is 5.78. The van der Waals surface area contributed by atoms with Crippen molar-refractivity contribution in [2.75, 3.05) is 0 Å². The first-order chi connectivity index (χ1) is 10.8. The third-order valence-electron chi connectivity index (χ3n) is 2.89. The zero-order chi connectivity index (χ0) is 15.2. The van der Waals surface area contributed by atoms with Gasteiger partial charge in [0.25, 0.3) is 0 Å². The van der Waals surface area contributed by atoms with E-state index in [1.165, 1.54) is 23.1 Å². The SMILES string of the molecule is Fc1ccc(/C=N/OCc2cnn(-c3ccccc3)n2)cc1. The molecule has 0 radical (unpaired) electrons. The standard InChI is InChI=1S/C16H13FN4O/c17-14-8-6-13(7-9-14)10-19-22-12-15-11-18-21(20-15)16-4-2-1-3-5-16/h1-11H,12H2/b19-10+. The molecule has 0 fully saturated rings. The van der Waals surface area contributed by atoms with Gasteiger partial charge in [0, 0.05) is 0 Å². The first-order valence-electron chi connectivity index (χ1n) is 6.69. The Morgan fingerprint density at radius 1 is 1.09 bits per heavy atom. The van der Waals surface area contributed by atoms with Crippen molar-refractivity contribution in [3.05, 3.63) is 77.9 Å². The third-order valence-corrected chi connectivity index (χ3v) is 2.89. The molecule has 0 spiro atoms. The molecule has 2 aromatic carbocycles. The van der Waals surface area contributed by atoms with Crippen molar-refractivity contribution in [2.24, 2.45) is 5.16 Å². The van der Waals surface area contributed by atoms with Crippen molar-refractivity contribution < 1.29 is 9.23 Å². The van der Waals surface area contributed by atoms with Crippen LogP contribution in [0.5, 0.6) is 0 Å². The van der Waals surface area contributed by atoms with Gasteiger partial charge in [0.05, 0.1) is 18.1 Å². The van der Waals surface area contributed by atoms with E-state index in [9.17, 15) is 4.39 Å². The summed E-state index contributed by atoms with van der Waals surface area (Å²) in [6, 6.07) is 15.6. The summed E-state index contributed by atoms with van der Waals surface area (Å²) in [5.74, 6) is -0.282. The van der Waals surface area contributed by atoms with E-state index < -0.39 is 0 Å². The summed E-state index contributed by atoms with van der Waals surface area (Å²) < 4.78 is 12.7. The first-order valence-corrected chi connectivity index (χ1v) is 6.69. The fraction of sp³-hybridized carbons (Fsp3) is 0.0625. The lowest BCUT2D eigenvalue weighted by Gasteiger charge is -1.98. The predicted molar refractivity (Wildman–Crippen MR) is 80.1 cm³/mol. The molecule has 0 N–H and O–H groups in total. The van der Waals surface area contributed by atoms with Crippen LogP contribution in [0, 0.1) is 5.82 Å². The van der Waals surface area contributed by atoms with Crippen molar-refractivity contribution in [3.8, 4) is 5.69 Å². The summed E-state index contributed by atoms with van der Waals surface area (Å²) in [5, 5.41) is 12.3. The Morgan fingerprint density at radius 3 is 2.64 bits per heavy atom. The maximum absolute atomic E-state index is 12.7. The van der Waals surface area contributed by atoms with Gasteiger partial charge in [-0.25, -0.2) is 4.39 Å². The van der Waals surface area contributed by atoms with E-state index in [4.69, 9.17) is 4.84 Å². The molecule has 0 bridgehead atoms. The van der Waals surface area contributed by atoms with Crippen molar-refractivity contribution in [1.29, 1.82) is 0 Å². The lowest BCUT2D eigenvalue weighted by molar-refractivity contribution is 0.129. The van der Waals surface area contributed by atoms with Gasteiger partial charge in [-0.3, -0.25) is 0 Å². The second kappa shape index (κ2) is 6.62. The molecule has 0 aliphatic rings. The average molecular weight is 296 g/mol. The maximum Gasteiger partial charge on any atom is 0.162 e. The van der Waals surface area contributed by atoms with Gasteiger partial charge < -0.3 is 4.84 Å². The smallest absolute Gasteiger partial charge is 0.162 e. The van der Waals surface area contributed by atoms with E-state index in [-0.39, 0.29) is 12.4 Å². The normalized spacial score (nSPS) is 11.0. The Hall–Kier alpha value is -3.02. The van der Waals surface area contributed by atoms with Crippen LogP contribution in [-0.2, 0) is 11.4 Å². The van der Waals surface area contributed by atoms with Crippen LogP contribution < -0.4 is 0 Å². The van der Waals surface area contributed by atoms with Crippen LogP contribution >= 0.6 is 0 Å².